The Morgan fingerprint density at radius 2 is 1.11 bits per heavy atom. The Bertz CT molecular complexity index is 248. The molecule has 19 heavy (non-hydrogen) atoms. The van der Waals surface area contributed by atoms with Gasteiger partial charge in [0.15, 0.2) is 0 Å². The summed E-state index contributed by atoms with van der Waals surface area (Å²) in [5.74, 6) is 1.50. The first-order valence-electron chi connectivity index (χ1n) is 5.44. The molecular weight excluding hydrogens is 463 g/mol. The summed E-state index contributed by atoms with van der Waals surface area (Å²) in [5.41, 5.74) is -5.39. The van der Waals surface area contributed by atoms with Gasteiger partial charge in [-0.2, -0.15) is 0 Å². The maximum Gasteiger partial charge on any atom is 2.00 e. The van der Waals surface area contributed by atoms with Crippen LogP contribution in [0.1, 0.15) is 27.7 Å². The molecule has 0 radical (unpaired) electrons. The third kappa shape index (κ3) is 20.8. The Morgan fingerprint density at radius 3 is 1.26 bits per heavy atom. The average molecular weight is 483 g/mol. The second-order valence-corrected chi connectivity index (χ2v) is 15.2. The topological polar surface area (TPSA) is 64.6 Å². The van der Waals surface area contributed by atoms with Crippen molar-refractivity contribution in [2.24, 2.45) is 0 Å². The Hall–Kier alpha value is 2.76. The van der Waals surface area contributed by atoms with E-state index in [4.69, 9.17) is 9.05 Å². The summed E-state index contributed by atoms with van der Waals surface area (Å²) in [6.45, 7) is 8.26. The summed E-state index contributed by atoms with van der Waals surface area (Å²) < 4.78 is 9.61. The van der Waals surface area contributed by atoms with Crippen LogP contribution in [0.25, 0.3) is 0 Å². The fraction of sp³-hybridized carbons (Fsp3) is 1.00. The normalized spacial score (nSPS) is 16.3. The smallest absolute Gasteiger partial charge is 0.793 e. The average Bonchev–Trinajstić information content (AvgIpc) is 2.17. The van der Waals surface area contributed by atoms with Crippen molar-refractivity contribution in [1.29, 1.82) is 0 Å². The predicted molar refractivity (Wildman–Crippen MR) is 88.1 cm³/mol. The first-order chi connectivity index (χ1) is 8.24. The van der Waals surface area contributed by atoms with Crippen molar-refractivity contribution in [3.05, 3.63) is 0 Å². The summed E-state index contributed by atoms with van der Waals surface area (Å²) in [5, 5.41) is 0. The molecule has 0 aliphatic carbocycles. The Kier molecular flexibility index (Phi) is 22.0. The summed E-state index contributed by atoms with van der Waals surface area (Å²) in [6.07, 6.45) is 0. The van der Waals surface area contributed by atoms with Crippen LogP contribution in [0.4, 0.5) is 0 Å². The van der Waals surface area contributed by atoms with Crippen molar-refractivity contribution < 1.29 is 46.1 Å². The van der Waals surface area contributed by atoms with E-state index < -0.39 is 11.4 Å². The van der Waals surface area contributed by atoms with Gasteiger partial charge in [0, 0.05) is 24.6 Å². The van der Waals surface area contributed by atoms with Crippen LogP contribution in [-0.2, 0) is 60.0 Å². The van der Waals surface area contributed by atoms with Crippen LogP contribution in [0.15, 0.2) is 0 Å². The van der Waals surface area contributed by atoms with E-state index in [9.17, 15) is 9.79 Å². The Morgan fingerprint density at radius 1 is 0.842 bits per heavy atom. The van der Waals surface area contributed by atoms with E-state index >= 15 is 0 Å². The first kappa shape index (κ1) is 26.6. The predicted octanol–water partition coefficient (Wildman–Crippen LogP) is 2.72. The number of hydrogen-bond donors (Lipinski definition) is 0. The van der Waals surface area contributed by atoms with Crippen LogP contribution < -0.4 is 9.79 Å². The van der Waals surface area contributed by atoms with Crippen LogP contribution in [-0.4, -0.2) is 24.7 Å². The van der Waals surface area contributed by atoms with Gasteiger partial charge in [0.2, 0.25) is 0 Å². The minimum Gasteiger partial charge on any atom is -0.793 e. The van der Waals surface area contributed by atoms with Gasteiger partial charge in [-0.3, -0.25) is 0 Å². The molecule has 11 heteroatoms. The minimum atomic E-state index is -2.69. The van der Waals surface area contributed by atoms with Gasteiger partial charge in [-0.1, -0.05) is 37.5 Å². The van der Waals surface area contributed by atoms with Gasteiger partial charge in [0.05, 0.1) is 0 Å². The minimum absolute atomic E-state index is 0. The quantitative estimate of drug-likeness (QED) is 0.386. The molecule has 0 fully saturated rings. The molecule has 0 aliphatic rings. The third-order valence-corrected chi connectivity index (χ3v) is 10.1. The van der Waals surface area contributed by atoms with Gasteiger partial charge in [-0.25, -0.2) is 0 Å². The van der Waals surface area contributed by atoms with Gasteiger partial charge in [-0.15, -0.1) is 22.8 Å². The third-order valence-electron chi connectivity index (χ3n) is 1.15. The zero-order valence-electron chi connectivity index (χ0n) is 11.7. The molecule has 112 valence electrons. The molecule has 0 aromatic rings. The van der Waals surface area contributed by atoms with E-state index in [1.54, 1.807) is 13.8 Å². The maximum absolute atomic E-state index is 11.0. The standard InChI is InChI=1S/2C4H11O2PS2.Cd/c2*1-3-6-7(5,8)9-4-2;/h2*3-4H2,1-2H3,(H,5,8);/q;;+2/p-2. The van der Waals surface area contributed by atoms with E-state index in [-0.39, 0.29) is 27.3 Å². The summed E-state index contributed by atoms with van der Waals surface area (Å²) in [7, 11) is 0. The summed E-state index contributed by atoms with van der Waals surface area (Å²) >= 11 is 11.7. The molecule has 2 atom stereocenters. The molecular formula is C8H20CdO4P2S4. The van der Waals surface area contributed by atoms with E-state index in [0.717, 1.165) is 11.5 Å². The molecule has 0 aromatic heterocycles. The van der Waals surface area contributed by atoms with E-state index in [1.165, 1.54) is 22.8 Å². The van der Waals surface area contributed by atoms with Crippen molar-refractivity contribution in [3.63, 3.8) is 0 Å². The van der Waals surface area contributed by atoms with E-state index in [1.807, 2.05) is 13.8 Å². The number of hydrogen-bond acceptors (Lipinski definition) is 8. The molecule has 0 rings (SSSR count). The van der Waals surface area contributed by atoms with E-state index in [2.05, 4.69) is 23.6 Å². The van der Waals surface area contributed by atoms with Crippen molar-refractivity contribution in [3.8, 4) is 0 Å². The van der Waals surface area contributed by atoms with Crippen LogP contribution in [0.2, 0.25) is 0 Å². The van der Waals surface area contributed by atoms with Gasteiger partial charge < -0.3 is 18.8 Å². The summed E-state index contributed by atoms with van der Waals surface area (Å²) in [6, 6.07) is 0. The second kappa shape index (κ2) is 15.6. The zero-order valence-corrected chi connectivity index (χ0v) is 20.8. The number of rotatable bonds is 8. The van der Waals surface area contributed by atoms with Crippen LogP contribution in [0.3, 0.4) is 0 Å². The molecule has 4 nitrogen and oxygen atoms in total. The van der Waals surface area contributed by atoms with Crippen LogP contribution in [0, 0.1) is 0 Å². The zero-order chi connectivity index (χ0) is 14.7. The molecule has 0 saturated heterocycles. The van der Waals surface area contributed by atoms with Crippen LogP contribution in [0.5, 0.6) is 0 Å². The van der Waals surface area contributed by atoms with Crippen LogP contribution >= 0.6 is 34.2 Å². The SMILES string of the molecule is CCOP([O-])(=S)SCC.CCOP([O-])(=S)SCC.[Cd+2]. The Balaban J connectivity index is -0.000000256. The monoisotopic (exact) mass is 484 g/mol. The second-order valence-electron chi connectivity index (χ2n) is 2.57. The van der Waals surface area contributed by atoms with Crippen molar-refractivity contribution in [2.45, 2.75) is 27.7 Å². The van der Waals surface area contributed by atoms with Gasteiger partial charge in [-0.05, 0) is 25.4 Å². The summed E-state index contributed by atoms with van der Waals surface area (Å²) in [4.78, 5) is 21.9. The molecule has 0 N–H and O–H groups in total. The van der Waals surface area contributed by atoms with Crippen molar-refractivity contribution in [1.82, 2.24) is 0 Å². The molecule has 0 amide bonds. The van der Waals surface area contributed by atoms with Crippen molar-refractivity contribution >= 4 is 57.8 Å². The fourth-order valence-electron chi connectivity index (χ4n) is 0.707. The maximum atomic E-state index is 11.0. The van der Waals surface area contributed by atoms with Gasteiger partial charge in [0.25, 0.3) is 0 Å². The molecule has 0 spiro atoms. The van der Waals surface area contributed by atoms with E-state index in [0.29, 0.717) is 13.2 Å². The van der Waals surface area contributed by atoms with Gasteiger partial charge in [0.1, 0.15) is 0 Å². The largest absolute Gasteiger partial charge is 2.00 e. The molecule has 2 unspecified atom stereocenters. The molecule has 0 heterocycles. The first-order valence-corrected chi connectivity index (χ1v) is 13.9. The fourth-order valence-corrected chi connectivity index (χ4v) is 7.63. The Labute approximate surface area is 155 Å². The van der Waals surface area contributed by atoms with Crippen molar-refractivity contribution in [2.75, 3.05) is 24.7 Å². The molecule has 0 bridgehead atoms. The van der Waals surface area contributed by atoms with Gasteiger partial charge >= 0.3 is 27.3 Å². The molecule has 0 saturated carbocycles. The molecule has 0 aromatic carbocycles. The molecule has 0 aliphatic heterocycles.